The molecule has 0 aliphatic carbocycles. The summed E-state index contributed by atoms with van der Waals surface area (Å²) in [5, 5.41) is 0.223. The molecule has 1 aromatic heterocycles. The second-order valence-corrected chi connectivity index (χ2v) is 6.63. The molecule has 18 heavy (non-hydrogen) atoms. The van der Waals surface area contributed by atoms with E-state index in [2.05, 4.69) is 4.98 Å². The Bertz CT molecular complexity index is 416. The van der Waals surface area contributed by atoms with E-state index in [1.54, 1.807) is 6.07 Å². The number of nitrogens with zero attached hydrogens (tertiary/aromatic N) is 1. The van der Waals surface area contributed by atoms with Crippen LogP contribution in [0.4, 0.5) is 0 Å². The number of halogens is 4. The van der Waals surface area contributed by atoms with Crippen LogP contribution >= 0.6 is 46.4 Å². The Morgan fingerprint density at radius 1 is 1.39 bits per heavy atom. The molecule has 0 amide bonds. The van der Waals surface area contributed by atoms with Gasteiger partial charge in [0.2, 0.25) is 9.67 Å². The first-order valence-electron chi connectivity index (χ1n) is 5.44. The van der Waals surface area contributed by atoms with Gasteiger partial charge in [0, 0.05) is 18.2 Å². The summed E-state index contributed by atoms with van der Waals surface area (Å²) < 4.78 is 9.40. The molecule has 3 nitrogen and oxygen atoms in total. The van der Waals surface area contributed by atoms with Gasteiger partial charge in [-0.2, -0.15) is 0 Å². The average molecular weight is 331 g/mol. The molecule has 1 atom stereocenters. The van der Waals surface area contributed by atoms with Gasteiger partial charge in [-0.15, -0.1) is 0 Å². The quantitative estimate of drug-likeness (QED) is 0.617. The second-order valence-electron chi connectivity index (χ2n) is 3.96. The van der Waals surface area contributed by atoms with Crippen molar-refractivity contribution in [1.82, 2.24) is 4.98 Å². The summed E-state index contributed by atoms with van der Waals surface area (Å²) >= 11 is 23.2. The molecule has 1 unspecified atom stereocenters. The van der Waals surface area contributed by atoms with E-state index >= 15 is 0 Å². The van der Waals surface area contributed by atoms with Gasteiger partial charge in [-0.05, 0) is 18.9 Å². The highest BCUT2D eigenvalue weighted by Crippen LogP contribution is 2.40. The summed E-state index contributed by atoms with van der Waals surface area (Å²) in [5.74, 6) is 0.333. The average Bonchev–Trinajstić information content (AvgIpc) is 2.77. The molecule has 1 aliphatic rings. The Balaban J connectivity index is 2.05. The lowest BCUT2D eigenvalue weighted by Gasteiger charge is -2.14. The van der Waals surface area contributed by atoms with Crippen molar-refractivity contribution in [1.29, 1.82) is 0 Å². The highest BCUT2D eigenvalue weighted by molar-refractivity contribution is 6.66. The van der Waals surface area contributed by atoms with E-state index in [-0.39, 0.29) is 11.3 Å². The molecule has 0 spiro atoms. The number of hydrogen-bond donors (Lipinski definition) is 0. The number of rotatable bonds is 3. The topological polar surface area (TPSA) is 31.4 Å². The van der Waals surface area contributed by atoms with Crippen LogP contribution in [0.15, 0.2) is 12.1 Å². The van der Waals surface area contributed by atoms with Crippen LogP contribution in [0.1, 0.15) is 18.4 Å². The Morgan fingerprint density at radius 2 is 2.17 bits per heavy atom. The van der Waals surface area contributed by atoms with Crippen LogP contribution in [0, 0.1) is 0 Å². The van der Waals surface area contributed by atoms with Crippen LogP contribution in [0.2, 0.25) is 5.15 Å². The predicted octanol–water partition coefficient (Wildman–Crippen LogP) is 4.12. The molecule has 0 N–H and O–H groups in total. The Labute approximate surface area is 125 Å². The zero-order valence-electron chi connectivity index (χ0n) is 9.34. The summed E-state index contributed by atoms with van der Waals surface area (Å²) in [6, 6.07) is 3.06. The fourth-order valence-electron chi connectivity index (χ4n) is 1.66. The molecule has 2 rings (SSSR count). The van der Waals surface area contributed by atoms with Crippen LogP contribution in [0.3, 0.4) is 0 Å². The van der Waals surface area contributed by atoms with Crippen LogP contribution in [-0.2, 0) is 8.53 Å². The molecule has 2 heterocycles. The molecule has 7 heteroatoms. The molecule has 100 valence electrons. The number of aromatic nitrogens is 1. The van der Waals surface area contributed by atoms with Crippen molar-refractivity contribution in [3.63, 3.8) is 0 Å². The van der Waals surface area contributed by atoms with Gasteiger partial charge in [-0.1, -0.05) is 46.4 Å². The smallest absolute Gasteiger partial charge is 0.216 e. The van der Waals surface area contributed by atoms with Crippen molar-refractivity contribution in [2.24, 2.45) is 0 Å². The van der Waals surface area contributed by atoms with E-state index < -0.39 is 3.79 Å². The summed E-state index contributed by atoms with van der Waals surface area (Å²) in [4.78, 5) is 4.02. The van der Waals surface area contributed by atoms with Gasteiger partial charge >= 0.3 is 0 Å². The Morgan fingerprint density at radius 3 is 2.78 bits per heavy atom. The Kier molecular flexibility index (Phi) is 4.84. The van der Waals surface area contributed by atoms with E-state index in [0.717, 1.165) is 19.4 Å². The first-order chi connectivity index (χ1) is 8.45. The van der Waals surface area contributed by atoms with Gasteiger partial charge in [0.25, 0.3) is 0 Å². The first-order valence-corrected chi connectivity index (χ1v) is 6.95. The number of alkyl halides is 3. The third-order valence-corrected chi connectivity index (χ3v) is 3.39. The number of ether oxygens (including phenoxy) is 2. The molecule has 1 aromatic rings. The third-order valence-electron chi connectivity index (χ3n) is 2.54. The predicted molar refractivity (Wildman–Crippen MR) is 73.0 cm³/mol. The van der Waals surface area contributed by atoms with Crippen LogP contribution in [0.25, 0.3) is 0 Å². The molecule has 0 radical (unpaired) electrons. The van der Waals surface area contributed by atoms with Crippen molar-refractivity contribution >= 4 is 46.4 Å². The molecule has 0 aromatic carbocycles. The van der Waals surface area contributed by atoms with Crippen LogP contribution < -0.4 is 4.74 Å². The minimum Gasteiger partial charge on any atom is -0.475 e. The molecule has 0 saturated carbocycles. The lowest BCUT2D eigenvalue weighted by atomic mass is 10.2. The summed E-state index contributed by atoms with van der Waals surface area (Å²) in [6.45, 7) is 1.20. The fourth-order valence-corrected chi connectivity index (χ4v) is 2.19. The zero-order chi connectivity index (χ0) is 13.2. The van der Waals surface area contributed by atoms with Gasteiger partial charge in [-0.3, -0.25) is 0 Å². The minimum absolute atomic E-state index is 0.0991. The molecule has 1 fully saturated rings. The fraction of sp³-hybridized carbons (Fsp3) is 0.545. The van der Waals surface area contributed by atoms with Crippen LogP contribution in [0.5, 0.6) is 5.88 Å². The summed E-state index contributed by atoms with van der Waals surface area (Å²) in [5.41, 5.74) is 0.426. The van der Waals surface area contributed by atoms with Crippen molar-refractivity contribution in [2.75, 3.05) is 13.2 Å². The maximum absolute atomic E-state index is 5.85. The third kappa shape index (κ3) is 4.04. The van der Waals surface area contributed by atoms with Gasteiger partial charge in [0.1, 0.15) is 11.8 Å². The number of hydrogen-bond acceptors (Lipinski definition) is 3. The van der Waals surface area contributed by atoms with Crippen molar-refractivity contribution in [2.45, 2.75) is 22.7 Å². The summed E-state index contributed by atoms with van der Waals surface area (Å²) in [6.07, 6.45) is 2.14. The summed E-state index contributed by atoms with van der Waals surface area (Å²) in [7, 11) is 0. The maximum atomic E-state index is 5.85. The first kappa shape index (κ1) is 14.5. The largest absolute Gasteiger partial charge is 0.475 e. The maximum Gasteiger partial charge on any atom is 0.216 e. The molecular formula is C11H11Cl4NO2. The van der Waals surface area contributed by atoms with Crippen molar-refractivity contribution in [3.8, 4) is 5.88 Å². The second kappa shape index (κ2) is 6.02. The number of pyridine rings is 1. The highest BCUT2D eigenvalue weighted by Gasteiger charge is 2.25. The lowest BCUT2D eigenvalue weighted by Crippen LogP contribution is -2.17. The molecule has 1 aliphatic heterocycles. The normalized spacial score (nSPS) is 20.1. The lowest BCUT2D eigenvalue weighted by molar-refractivity contribution is 0.0663. The molecular weight excluding hydrogens is 320 g/mol. The molecule has 0 bridgehead atoms. The van der Waals surface area contributed by atoms with E-state index in [0.29, 0.717) is 18.1 Å². The highest BCUT2D eigenvalue weighted by atomic mass is 35.6. The monoisotopic (exact) mass is 329 g/mol. The zero-order valence-corrected chi connectivity index (χ0v) is 12.4. The standard InChI is InChI=1S/C11H11Cl4NO2/c12-9-4-7(11(13,14)15)5-10(16-9)18-6-8-2-1-3-17-8/h4-5,8H,1-3,6H2. The van der Waals surface area contributed by atoms with E-state index in [1.165, 1.54) is 6.07 Å². The van der Waals surface area contributed by atoms with Gasteiger partial charge in [-0.25, -0.2) is 4.98 Å². The van der Waals surface area contributed by atoms with E-state index in [4.69, 9.17) is 55.9 Å². The minimum atomic E-state index is -1.55. The SMILES string of the molecule is Clc1cc(C(Cl)(Cl)Cl)cc(OCC2CCCO2)n1. The van der Waals surface area contributed by atoms with Gasteiger partial charge in [0.15, 0.2) is 0 Å². The van der Waals surface area contributed by atoms with Gasteiger partial charge < -0.3 is 9.47 Å². The molecule has 1 saturated heterocycles. The van der Waals surface area contributed by atoms with Gasteiger partial charge in [0.05, 0.1) is 6.10 Å². The van der Waals surface area contributed by atoms with Crippen LogP contribution in [-0.4, -0.2) is 24.3 Å². The Hall–Kier alpha value is 0.0700. The van der Waals surface area contributed by atoms with E-state index in [1.807, 2.05) is 0 Å². The van der Waals surface area contributed by atoms with Crippen molar-refractivity contribution < 1.29 is 9.47 Å². The van der Waals surface area contributed by atoms with E-state index in [9.17, 15) is 0 Å². The van der Waals surface area contributed by atoms with Crippen molar-refractivity contribution in [3.05, 3.63) is 22.8 Å².